The van der Waals surface area contributed by atoms with Gasteiger partial charge in [0.25, 0.3) is 0 Å². The number of methoxy groups -OCH3 is 2. The van der Waals surface area contributed by atoms with Gasteiger partial charge in [-0.1, -0.05) is 29.8 Å². The number of anilines is 2. The maximum atomic E-state index is 11.9. The Hall–Kier alpha value is -3.35. The number of rotatable bonds is 11. The Balaban J connectivity index is 1.50. The number of halogens is 2. The van der Waals surface area contributed by atoms with Crippen molar-refractivity contribution in [1.82, 2.24) is 20.2 Å². The van der Waals surface area contributed by atoms with Crippen molar-refractivity contribution < 1.29 is 23.7 Å². The standard InChI is InChI=1S/C29H34Cl2N6O5/c1-4-25(38)35-21-16-42-15-20(21)34-24-12-18-17(14-33-24)11-19(26-27(30)22(39-2)13-23(40-3)28(26)31)36-29(18)32-5-6-37-7-9-41-10-8-37/h4,11-14,20-21H,1,5-10,15-16H2,2-3H3,(H,32,36)(H,33,34)(H,35,38)/t20-,21+/m1/s1. The van der Waals surface area contributed by atoms with E-state index in [1.54, 1.807) is 12.3 Å². The largest absolute Gasteiger partial charge is 0.495 e. The van der Waals surface area contributed by atoms with Crippen molar-refractivity contribution in [2.24, 2.45) is 0 Å². The Morgan fingerprint density at radius 1 is 1.10 bits per heavy atom. The van der Waals surface area contributed by atoms with Crippen LogP contribution in [-0.4, -0.2) is 99.7 Å². The summed E-state index contributed by atoms with van der Waals surface area (Å²) in [4.78, 5) is 23.9. The lowest BCUT2D eigenvalue weighted by Gasteiger charge is -2.26. The number of aromatic nitrogens is 2. The second kappa shape index (κ2) is 13.7. The minimum absolute atomic E-state index is 0.161. The first kappa shape index (κ1) is 30.1. The molecule has 2 atom stereocenters. The Morgan fingerprint density at radius 2 is 1.81 bits per heavy atom. The lowest BCUT2D eigenvalue weighted by molar-refractivity contribution is -0.117. The summed E-state index contributed by atoms with van der Waals surface area (Å²) in [5, 5.41) is 12.2. The quantitative estimate of drug-likeness (QED) is 0.274. The number of morpholine rings is 1. The molecule has 1 aromatic carbocycles. The fourth-order valence-corrected chi connectivity index (χ4v) is 5.72. The lowest BCUT2D eigenvalue weighted by atomic mass is 10.1. The number of amides is 1. The summed E-state index contributed by atoms with van der Waals surface area (Å²) in [5.41, 5.74) is 1.04. The predicted molar refractivity (Wildman–Crippen MR) is 164 cm³/mol. The molecule has 0 spiro atoms. The molecule has 2 fully saturated rings. The first-order chi connectivity index (χ1) is 20.4. The SMILES string of the molecule is C=CC(=O)N[C@H]1COC[C@H]1Nc1cc2c(NCCN3CCOCC3)nc(-c3c(Cl)c(OC)cc(OC)c3Cl)cc2cn1. The summed E-state index contributed by atoms with van der Waals surface area (Å²) in [6.45, 7) is 9.06. The van der Waals surface area contributed by atoms with Gasteiger partial charge in [0.05, 0.1) is 68.5 Å². The van der Waals surface area contributed by atoms with Crippen LogP contribution in [0.25, 0.3) is 22.0 Å². The van der Waals surface area contributed by atoms with Gasteiger partial charge in [-0.05, 0) is 18.2 Å². The molecule has 4 heterocycles. The molecular formula is C29H34Cl2N6O5. The average molecular weight is 618 g/mol. The van der Waals surface area contributed by atoms with E-state index in [4.69, 9.17) is 47.1 Å². The van der Waals surface area contributed by atoms with E-state index in [0.717, 1.165) is 43.6 Å². The molecule has 0 unspecified atom stereocenters. The van der Waals surface area contributed by atoms with Gasteiger partial charge in [0.2, 0.25) is 5.91 Å². The molecule has 3 aromatic rings. The number of carbonyl (C=O) groups excluding carboxylic acids is 1. The van der Waals surface area contributed by atoms with Crippen LogP contribution in [-0.2, 0) is 14.3 Å². The number of benzene rings is 1. The number of fused-ring (bicyclic) bond motifs is 1. The van der Waals surface area contributed by atoms with Crippen LogP contribution in [0.15, 0.2) is 37.1 Å². The molecule has 0 aliphatic carbocycles. The Kier molecular flexibility index (Phi) is 9.86. The smallest absolute Gasteiger partial charge is 0.243 e. The third kappa shape index (κ3) is 6.66. The summed E-state index contributed by atoms with van der Waals surface area (Å²) >= 11 is 13.5. The molecule has 0 saturated carbocycles. The maximum Gasteiger partial charge on any atom is 0.243 e. The monoisotopic (exact) mass is 616 g/mol. The Labute approximate surface area is 254 Å². The predicted octanol–water partition coefficient (Wildman–Crippen LogP) is 3.85. The zero-order valence-corrected chi connectivity index (χ0v) is 25.1. The minimum Gasteiger partial charge on any atom is -0.495 e. The van der Waals surface area contributed by atoms with Gasteiger partial charge in [-0.2, -0.15) is 0 Å². The van der Waals surface area contributed by atoms with E-state index in [9.17, 15) is 4.79 Å². The molecule has 2 saturated heterocycles. The van der Waals surface area contributed by atoms with E-state index in [-0.39, 0.29) is 18.0 Å². The van der Waals surface area contributed by atoms with Crippen LogP contribution in [0.2, 0.25) is 10.0 Å². The number of hydrogen-bond donors (Lipinski definition) is 3. The number of carbonyl (C=O) groups is 1. The molecule has 0 radical (unpaired) electrons. The highest BCUT2D eigenvalue weighted by Crippen LogP contribution is 2.46. The summed E-state index contributed by atoms with van der Waals surface area (Å²) in [7, 11) is 3.07. The zero-order chi connectivity index (χ0) is 29.6. The summed E-state index contributed by atoms with van der Waals surface area (Å²) in [6.07, 6.45) is 3.01. The van der Waals surface area contributed by atoms with Crippen molar-refractivity contribution in [3.05, 3.63) is 47.1 Å². The summed E-state index contributed by atoms with van der Waals surface area (Å²) in [6, 6.07) is 5.09. The van der Waals surface area contributed by atoms with Gasteiger partial charge in [0.15, 0.2) is 0 Å². The van der Waals surface area contributed by atoms with E-state index in [2.05, 4.69) is 32.4 Å². The summed E-state index contributed by atoms with van der Waals surface area (Å²) < 4.78 is 22.1. The average Bonchev–Trinajstić information content (AvgIpc) is 3.44. The second-order valence-corrected chi connectivity index (χ2v) is 10.7. The first-order valence-electron chi connectivity index (χ1n) is 13.6. The van der Waals surface area contributed by atoms with E-state index in [0.29, 0.717) is 64.2 Å². The highest BCUT2D eigenvalue weighted by Gasteiger charge is 2.29. The van der Waals surface area contributed by atoms with Crippen molar-refractivity contribution in [3.8, 4) is 22.8 Å². The molecule has 13 heteroatoms. The molecule has 11 nitrogen and oxygen atoms in total. The molecule has 224 valence electrons. The first-order valence-corrected chi connectivity index (χ1v) is 14.4. The van der Waals surface area contributed by atoms with E-state index < -0.39 is 0 Å². The molecule has 42 heavy (non-hydrogen) atoms. The highest BCUT2D eigenvalue weighted by atomic mass is 35.5. The maximum absolute atomic E-state index is 11.9. The molecule has 3 N–H and O–H groups in total. The van der Waals surface area contributed by atoms with E-state index >= 15 is 0 Å². The van der Waals surface area contributed by atoms with Crippen molar-refractivity contribution in [2.75, 3.05) is 77.5 Å². The van der Waals surface area contributed by atoms with Gasteiger partial charge < -0.3 is 34.9 Å². The van der Waals surface area contributed by atoms with Crippen LogP contribution in [0.5, 0.6) is 11.5 Å². The Morgan fingerprint density at radius 3 is 2.50 bits per heavy atom. The van der Waals surface area contributed by atoms with Crippen LogP contribution in [0.1, 0.15) is 0 Å². The van der Waals surface area contributed by atoms with Crippen molar-refractivity contribution in [3.63, 3.8) is 0 Å². The minimum atomic E-state index is -0.251. The fraction of sp³-hybridized carbons (Fsp3) is 0.414. The third-order valence-corrected chi connectivity index (χ3v) is 8.05. The van der Waals surface area contributed by atoms with Crippen LogP contribution >= 0.6 is 23.2 Å². The van der Waals surface area contributed by atoms with Gasteiger partial charge in [-0.15, -0.1) is 0 Å². The molecular weight excluding hydrogens is 583 g/mol. The number of pyridine rings is 2. The van der Waals surface area contributed by atoms with Gasteiger partial charge >= 0.3 is 0 Å². The van der Waals surface area contributed by atoms with Crippen LogP contribution in [0.3, 0.4) is 0 Å². The van der Waals surface area contributed by atoms with E-state index in [1.165, 1.54) is 20.3 Å². The van der Waals surface area contributed by atoms with Crippen molar-refractivity contribution >= 4 is 51.5 Å². The topological polar surface area (TPSA) is 119 Å². The molecule has 1 amide bonds. The number of hydrogen-bond acceptors (Lipinski definition) is 10. The lowest BCUT2D eigenvalue weighted by Crippen LogP contribution is -2.45. The van der Waals surface area contributed by atoms with Gasteiger partial charge in [-0.3, -0.25) is 9.69 Å². The second-order valence-electron chi connectivity index (χ2n) is 9.92. The Bertz CT molecular complexity index is 1420. The number of ether oxygens (including phenoxy) is 4. The van der Waals surface area contributed by atoms with Crippen molar-refractivity contribution in [2.45, 2.75) is 12.1 Å². The molecule has 2 aliphatic heterocycles. The number of nitrogens with one attached hydrogen (secondary N) is 3. The third-order valence-electron chi connectivity index (χ3n) is 7.30. The summed E-state index contributed by atoms with van der Waals surface area (Å²) in [5.74, 6) is 1.87. The van der Waals surface area contributed by atoms with E-state index in [1.807, 2.05) is 12.1 Å². The van der Waals surface area contributed by atoms with Crippen LogP contribution < -0.4 is 25.4 Å². The van der Waals surface area contributed by atoms with Crippen molar-refractivity contribution in [1.29, 1.82) is 0 Å². The molecule has 0 bridgehead atoms. The van der Waals surface area contributed by atoms with Gasteiger partial charge in [0.1, 0.15) is 23.1 Å². The fourth-order valence-electron chi connectivity index (χ4n) is 5.03. The van der Waals surface area contributed by atoms with Crippen LogP contribution in [0.4, 0.5) is 11.6 Å². The zero-order valence-electron chi connectivity index (χ0n) is 23.5. The number of nitrogens with zero attached hydrogens (tertiary/aromatic N) is 3. The molecule has 2 aliphatic rings. The highest BCUT2D eigenvalue weighted by molar-refractivity contribution is 6.41. The van der Waals surface area contributed by atoms with Gasteiger partial charge in [0, 0.05) is 54.8 Å². The molecule has 2 aromatic heterocycles. The normalized spacial score (nSPS) is 19.0. The molecule has 5 rings (SSSR count). The van der Waals surface area contributed by atoms with Crippen LogP contribution in [0, 0.1) is 0 Å². The van der Waals surface area contributed by atoms with Gasteiger partial charge in [-0.25, -0.2) is 9.97 Å².